The van der Waals surface area contributed by atoms with Gasteiger partial charge in [0.05, 0.1) is 6.61 Å². The van der Waals surface area contributed by atoms with Gasteiger partial charge in [-0.1, -0.05) is 32.2 Å². The summed E-state index contributed by atoms with van der Waals surface area (Å²) in [6.07, 6.45) is 3.93. The molecule has 0 amide bonds. The van der Waals surface area contributed by atoms with E-state index in [0.29, 0.717) is 38.4 Å². The molecule has 4 nitrogen and oxygen atoms in total. The zero-order valence-corrected chi connectivity index (χ0v) is 12.0. The van der Waals surface area contributed by atoms with Crippen LogP contribution in [0.5, 0.6) is 0 Å². The Hall–Kier alpha value is -1.16. The Balaban J connectivity index is 1.81. The van der Waals surface area contributed by atoms with Crippen molar-refractivity contribution in [3.8, 4) is 0 Å². The predicted octanol–water partition coefficient (Wildman–Crippen LogP) is 2.66. The van der Waals surface area contributed by atoms with E-state index in [-0.39, 0.29) is 0 Å². The molecule has 0 aromatic carbocycles. The molecule has 2 heterocycles. The fourth-order valence-electron chi connectivity index (χ4n) is 2.27. The van der Waals surface area contributed by atoms with Crippen molar-refractivity contribution in [1.29, 1.82) is 0 Å². The molecule has 0 radical (unpaired) electrons. The minimum Gasteiger partial charge on any atom is -0.476 e. The lowest BCUT2D eigenvalue weighted by Gasteiger charge is -2.23. The van der Waals surface area contributed by atoms with Crippen molar-refractivity contribution < 1.29 is 7.48 Å². The third kappa shape index (κ3) is 4.16. The molecule has 106 valence electrons. The van der Waals surface area contributed by atoms with Gasteiger partial charge in [-0.25, -0.2) is 4.99 Å². The summed E-state index contributed by atoms with van der Waals surface area (Å²) in [5.74, 6) is 0.633. The minimum atomic E-state index is -1.09. The van der Waals surface area contributed by atoms with Crippen LogP contribution in [0.2, 0.25) is 0 Å². The Bertz CT molecular complexity index is 458. The summed E-state index contributed by atoms with van der Waals surface area (Å²) >= 11 is 0. The molecule has 0 N–H and O–H groups in total. The molecule has 0 atom stereocenters. The van der Waals surface area contributed by atoms with Crippen LogP contribution in [0.25, 0.3) is 0 Å². The van der Waals surface area contributed by atoms with Crippen LogP contribution in [0.4, 0.5) is 0 Å². The van der Waals surface area contributed by atoms with Gasteiger partial charge in [0.1, 0.15) is 12.4 Å². The summed E-state index contributed by atoms with van der Waals surface area (Å²) < 4.78 is 21.2. The van der Waals surface area contributed by atoms with Gasteiger partial charge in [0.15, 0.2) is 0 Å². The van der Waals surface area contributed by atoms with Crippen LogP contribution in [-0.4, -0.2) is 49.9 Å². The van der Waals surface area contributed by atoms with E-state index in [2.05, 4.69) is 28.0 Å². The second kappa shape index (κ2) is 7.43. The average molecular weight is 265 g/mol. The highest BCUT2D eigenvalue weighted by atomic mass is 16.5. The first-order chi connectivity index (χ1) is 10.0. The molecule has 0 aliphatic carbocycles. The van der Waals surface area contributed by atoms with E-state index in [4.69, 9.17) is 7.48 Å². The Morgan fingerprint density at radius 1 is 1.42 bits per heavy atom. The van der Waals surface area contributed by atoms with Gasteiger partial charge in [-0.05, 0) is 25.5 Å². The molecule has 0 fully saturated rings. The first-order valence-corrected chi connectivity index (χ1v) is 7.12. The monoisotopic (exact) mass is 265 g/mol. The van der Waals surface area contributed by atoms with Crippen LogP contribution >= 0.6 is 0 Å². The molecular weight excluding hydrogens is 238 g/mol. The van der Waals surface area contributed by atoms with E-state index >= 15 is 0 Å². The molecule has 0 spiro atoms. The molecule has 0 bridgehead atoms. The topological polar surface area (TPSA) is 37.2 Å². The summed E-state index contributed by atoms with van der Waals surface area (Å²) in [5.41, 5.74) is 2.09. The summed E-state index contributed by atoms with van der Waals surface area (Å²) in [6, 6.07) is 0. The standard InChI is InChI=1S/C15H25N3O/c1-3-4-5-6-10-19-15-14(16-12-17-15)13-8-7-9-18(2)11-13/h8H,3-7,9-12H2,1-2H3/i4D2. The molecule has 2 aliphatic rings. The van der Waals surface area contributed by atoms with Gasteiger partial charge in [-0.3, -0.25) is 4.99 Å². The SMILES string of the molecule is [2H]C([2H])(CC)CCCOC1=NCN=C1C1=CCCN(C)C1. The highest BCUT2D eigenvalue weighted by Gasteiger charge is 2.22. The van der Waals surface area contributed by atoms with Crippen molar-refractivity contribution in [2.45, 2.75) is 39.0 Å². The fraction of sp³-hybridized carbons (Fsp3) is 0.733. The van der Waals surface area contributed by atoms with Crippen LogP contribution in [0.1, 0.15) is 41.7 Å². The van der Waals surface area contributed by atoms with Crippen molar-refractivity contribution in [3.63, 3.8) is 0 Å². The maximum Gasteiger partial charge on any atom is 0.237 e. The Morgan fingerprint density at radius 2 is 2.32 bits per heavy atom. The molecule has 2 rings (SSSR count). The van der Waals surface area contributed by atoms with Crippen LogP contribution in [-0.2, 0) is 4.74 Å². The number of aliphatic imine (C=N–C) groups is 2. The number of ether oxygens (including phenoxy) is 1. The Kier molecular flexibility index (Phi) is 4.56. The summed E-state index contributed by atoms with van der Waals surface area (Å²) in [6.45, 7) is 4.79. The fourth-order valence-corrected chi connectivity index (χ4v) is 2.27. The second-order valence-electron chi connectivity index (χ2n) is 4.92. The van der Waals surface area contributed by atoms with E-state index in [0.717, 1.165) is 25.2 Å². The predicted molar refractivity (Wildman–Crippen MR) is 80.0 cm³/mol. The van der Waals surface area contributed by atoms with E-state index in [9.17, 15) is 0 Å². The van der Waals surface area contributed by atoms with E-state index in [1.165, 1.54) is 5.57 Å². The lowest BCUT2D eigenvalue weighted by atomic mass is 10.1. The number of hydrogen-bond donors (Lipinski definition) is 0. The van der Waals surface area contributed by atoms with Crippen molar-refractivity contribution in [1.82, 2.24) is 4.90 Å². The normalized spacial score (nSPS) is 22.3. The molecule has 0 saturated heterocycles. The second-order valence-corrected chi connectivity index (χ2v) is 4.92. The summed E-state index contributed by atoms with van der Waals surface area (Å²) in [7, 11) is 2.10. The zero-order chi connectivity index (χ0) is 15.3. The summed E-state index contributed by atoms with van der Waals surface area (Å²) in [4.78, 5) is 11.0. The highest BCUT2D eigenvalue weighted by molar-refractivity contribution is 6.46. The molecule has 0 unspecified atom stereocenters. The maximum atomic E-state index is 7.73. The van der Waals surface area contributed by atoms with E-state index in [1.807, 2.05) is 6.92 Å². The van der Waals surface area contributed by atoms with Gasteiger partial charge in [0, 0.05) is 15.8 Å². The molecule has 0 saturated carbocycles. The molecule has 2 aliphatic heterocycles. The first-order valence-electron chi connectivity index (χ1n) is 8.12. The Morgan fingerprint density at radius 3 is 3.11 bits per heavy atom. The minimum absolute atomic E-state index is 0.446. The average Bonchev–Trinajstić information content (AvgIpc) is 2.92. The number of rotatable bonds is 6. The van der Waals surface area contributed by atoms with Crippen molar-refractivity contribution in [2.24, 2.45) is 9.98 Å². The van der Waals surface area contributed by atoms with Crippen LogP contribution in [0.15, 0.2) is 21.6 Å². The van der Waals surface area contributed by atoms with E-state index in [1.54, 1.807) is 0 Å². The molecule has 19 heavy (non-hydrogen) atoms. The van der Waals surface area contributed by atoms with Crippen molar-refractivity contribution in [3.05, 3.63) is 11.6 Å². The molecule has 4 heteroatoms. The van der Waals surface area contributed by atoms with Crippen molar-refractivity contribution in [2.75, 3.05) is 33.4 Å². The lowest BCUT2D eigenvalue weighted by molar-refractivity contribution is 0.298. The van der Waals surface area contributed by atoms with E-state index < -0.39 is 6.37 Å². The van der Waals surface area contributed by atoms with Gasteiger partial charge in [-0.15, -0.1) is 0 Å². The maximum absolute atomic E-state index is 7.73. The van der Waals surface area contributed by atoms with Crippen LogP contribution in [0.3, 0.4) is 0 Å². The quantitative estimate of drug-likeness (QED) is 0.692. The zero-order valence-electron chi connectivity index (χ0n) is 14.0. The van der Waals surface area contributed by atoms with Crippen LogP contribution < -0.4 is 0 Å². The number of likely N-dealkylation sites (N-methyl/N-ethyl adjacent to an activating group) is 1. The molecule has 0 aromatic rings. The Labute approximate surface area is 119 Å². The van der Waals surface area contributed by atoms with Crippen LogP contribution in [0, 0.1) is 0 Å². The largest absolute Gasteiger partial charge is 0.476 e. The smallest absolute Gasteiger partial charge is 0.237 e. The highest BCUT2D eigenvalue weighted by Crippen LogP contribution is 2.14. The molecule has 0 aromatic heterocycles. The van der Waals surface area contributed by atoms with Gasteiger partial charge >= 0.3 is 0 Å². The number of nitrogens with zero attached hydrogens (tertiary/aromatic N) is 3. The van der Waals surface area contributed by atoms with Gasteiger partial charge in [-0.2, -0.15) is 0 Å². The lowest BCUT2D eigenvalue weighted by Crippen LogP contribution is -2.31. The van der Waals surface area contributed by atoms with Gasteiger partial charge in [0.25, 0.3) is 0 Å². The van der Waals surface area contributed by atoms with Crippen molar-refractivity contribution >= 4 is 11.6 Å². The molecular formula is C15H25N3O. The summed E-state index contributed by atoms with van der Waals surface area (Å²) in [5, 5.41) is 0. The first kappa shape index (κ1) is 11.6. The van der Waals surface area contributed by atoms with Gasteiger partial charge in [0.2, 0.25) is 5.90 Å². The third-order valence-electron chi connectivity index (χ3n) is 3.28. The van der Waals surface area contributed by atoms with Gasteiger partial charge < -0.3 is 9.64 Å². The number of hydrogen-bond acceptors (Lipinski definition) is 4. The third-order valence-corrected chi connectivity index (χ3v) is 3.28.